The summed E-state index contributed by atoms with van der Waals surface area (Å²) < 4.78 is 1.98. The molecule has 1 aromatic heterocycles. The van der Waals surface area contributed by atoms with Gasteiger partial charge in [0.15, 0.2) is 0 Å². The van der Waals surface area contributed by atoms with E-state index < -0.39 is 0 Å². The van der Waals surface area contributed by atoms with E-state index in [4.69, 9.17) is 5.73 Å². The monoisotopic (exact) mass is 250 g/mol. The zero-order valence-corrected chi connectivity index (χ0v) is 12.0. The molecule has 1 heterocycles. The fourth-order valence-electron chi connectivity index (χ4n) is 3.03. The largest absolute Gasteiger partial charge is 0.394 e. The highest BCUT2D eigenvalue weighted by Crippen LogP contribution is 2.32. The Balaban J connectivity index is 2.14. The van der Waals surface area contributed by atoms with Crippen molar-refractivity contribution in [3.8, 4) is 0 Å². The summed E-state index contributed by atoms with van der Waals surface area (Å²) in [6.07, 6.45) is 3.84. The lowest BCUT2D eigenvalue weighted by atomic mass is 9.80. The van der Waals surface area contributed by atoms with E-state index in [1.54, 1.807) is 0 Å². The molecule has 0 amide bonds. The highest BCUT2D eigenvalue weighted by Gasteiger charge is 2.26. The summed E-state index contributed by atoms with van der Waals surface area (Å²) in [5, 5.41) is 8.10. The average molecular weight is 250 g/mol. The van der Waals surface area contributed by atoms with Crippen molar-refractivity contribution in [2.24, 2.45) is 11.8 Å². The van der Waals surface area contributed by atoms with Crippen molar-refractivity contribution < 1.29 is 0 Å². The van der Waals surface area contributed by atoms with Crippen LogP contribution in [0, 0.1) is 18.8 Å². The van der Waals surface area contributed by atoms with E-state index in [1.807, 2.05) is 11.6 Å². The van der Waals surface area contributed by atoms with Gasteiger partial charge >= 0.3 is 0 Å². The second-order valence-corrected chi connectivity index (χ2v) is 5.81. The molecule has 0 spiro atoms. The van der Waals surface area contributed by atoms with Crippen molar-refractivity contribution in [1.29, 1.82) is 0 Å². The van der Waals surface area contributed by atoms with Gasteiger partial charge in [-0.1, -0.05) is 13.8 Å². The van der Waals surface area contributed by atoms with Crippen LogP contribution < -0.4 is 11.1 Å². The maximum Gasteiger partial charge on any atom is 0.148 e. The molecular weight excluding hydrogens is 224 g/mol. The summed E-state index contributed by atoms with van der Waals surface area (Å²) in [7, 11) is 0. The number of aromatic nitrogens is 2. The Morgan fingerprint density at radius 3 is 2.72 bits per heavy atom. The fraction of sp³-hybridized carbons (Fsp3) is 0.786. The van der Waals surface area contributed by atoms with Gasteiger partial charge in [-0.2, -0.15) is 5.10 Å². The second kappa shape index (κ2) is 5.21. The molecule has 102 valence electrons. The van der Waals surface area contributed by atoms with Gasteiger partial charge in [-0.05, 0) is 44.9 Å². The van der Waals surface area contributed by atoms with E-state index in [-0.39, 0.29) is 0 Å². The number of aryl methyl sites for hydroxylation is 2. The summed E-state index contributed by atoms with van der Waals surface area (Å²) in [5.74, 6) is 2.57. The van der Waals surface area contributed by atoms with Gasteiger partial charge in [0.2, 0.25) is 0 Å². The van der Waals surface area contributed by atoms with Crippen LogP contribution in [-0.2, 0) is 6.54 Å². The predicted molar refractivity (Wildman–Crippen MR) is 76.6 cm³/mol. The van der Waals surface area contributed by atoms with Crippen LogP contribution in [0.25, 0.3) is 0 Å². The molecule has 0 radical (unpaired) electrons. The minimum Gasteiger partial charge on any atom is -0.394 e. The normalized spacial score (nSPS) is 28.3. The molecular formula is C14H26N4. The molecule has 1 aliphatic carbocycles. The lowest BCUT2D eigenvalue weighted by Crippen LogP contribution is -2.34. The second-order valence-electron chi connectivity index (χ2n) is 5.81. The third kappa shape index (κ3) is 2.47. The molecule has 2 rings (SSSR count). The Labute approximate surface area is 110 Å². The van der Waals surface area contributed by atoms with E-state index in [9.17, 15) is 0 Å². The van der Waals surface area contributed by atoms with Crippen LogP contribution in [0.5, 0.6) is 0 Å². The average Bonchev–Trinajstić information content (AvgIpc) is 2.60. The molecule has 4 nitrogen and oxygen atoms in total. The smallest absolute Gasteiger partial charge is 0.148 e. The van der Waals surface area contributed by atoms with Gasteiger partial charge in [0.25, 0.3) is 0 Å². The first-order valence-corrected chi connectivity index (χ1v) is 7.12. The lowest BCUT2D eigenvalue weighted by Gasteiger charge is -2.33. The minimum absolute atomic E-state index is 0.532. The Hall–Kier alpha value is -1.19. The molecule has 0 bridgehead atoms. The Kier molecular flexibility index (Phi) is 3.83. The minimum atomic E-state index is 0.532. The van der Waals surface area contributed by atoms with Crippen LogP contribution in [0.1, 0.15) is 45.7 Å². The summed E-state index contributed by atoms with van der Waals surface area (Å²) in [5.41, 5.74) is 7.86. The van der Waals surface area contributed by atoms with E-state index >= 15 is 0 Å². The summed E-state index contributed by atoms with van der Waals surface area (Å²) in [4.78, 5) is 0. The first-order chi connectivity index (χ1) is 8.52. The van der Waals surface area contributed by atoms with Crippen molar-refractivity contribution in [2.45, 2.75) is 59.5 Å². The number of nitrogens with one attached hydrogen (secondary N) is 1. The topological polar surface area (TPSA) is 55.9 Å². The standard InChI is InChI=1S/C14H26N4/c1-5-18-14(13(15)11(4)17-18)16-12-7-6-9(2)8-10(12)3/h9-10,12,16H,5-8,15H2,1-4H3. The Morgan fingerprint density at radius 2 is 2.11 bits per heavy atom. The third-order valence-corrected chi connectivity index (χ3v) is 4.23. The van der Waals surface area contributed by atoms with E-state index in [1.165, 1.54) is 19.3 Å². The Bertz CT molecular complexity index is 410. The van der Waals surface area contributed by atoms with Gasteiger partial charge in [-0.3, -0.25) is 0 Å². The van der Waals surface area contributed by atoms with Crippen LogP contribution in [0.4, 0.5) is 11.5 Å². The molecule has 1 aromatic rings. The first kappa shape index (κ1) is 13.2. The molecule has 3 atom stereocenters. The number of nitrogens with zero attached hydrogens (tertiary/aromatic N) is 2. The number of hydrogen-bond donors (Lipinski definition) is 2. The zero-order valence-electron chi connectivity index (χ0n) is 12.0. The van der Waals surface area contributed by atoms with Crippen LogP contribution >= 0.6 is 0 Å². The summed E-state index contributed by atoms with van der Waals surface area (Å²) in [6, 6.07) is 0.532. The van der Waals surface area contributed by atoms with Gasteiger partial charge < -0.3 is 11.1 Å². The molecule has 1 aliphatic rings. The predicted octanol–water partition coefficient (Wildman–Crippen LogP) is 3.03. The van der Waals surface area contributed by atoms with Gasteiger partial charge in [0.05, 0.1) is 11.4 Å². The quantitative estimate of drug-likeness (QED) is 0.867. The molecule has 0 aliphatic heterocycles. The maximum absolute atomic E-state index is 6.12. The molecule has 0 aromatic carbocycles. The van der Waals surface area contributed by atoms with Gasteiger partial charge in [0, 0.05) is 12.6 Å². The van der Waals surface area contributed by atoms with Crippen molar-refractivity contribution in [1.82, 2.24) is 9.78 Å². The third-order valence-electron chi connectivity index (χ3n) is 4.23. The van der Waals surface area contributed by atoms with Gasteiger partial charge in [0.1, 0.15) is 5.82 Å². The molecule has 1 fully saturated rings. The van der Waals surface area contributed by atoms with E-state index in [2.05, 4.69) is 31.2 Å². The van der Waals surface area contributed by atoms with Crippen LogP contribution in [0.15, 0.2) is 0 Å². The molecule has 3 N–H and O–H groups in total. The van der Waals surface area contributed by atoms with Gasteiger partial charge in [-0.25, -0.2) is 4.68 Å². The summed E-state index contributed by atoms with van der Waals surface area (Å²) in [6.45, 7) is 9.62. The number of nitrogens with two attached hydrogens (primary N) is 1. The molecule has 4 heteroatoms. The number of anilines is 2. The summed E-state index contributed by atoms with van der Waals surface area (Å²) >= 11 is 0. The molecule has 3 unspecified atom stereocenters. The van der Waals surface area contributed by atoms with Crippen LogP contribution in [-0.4, -0.2) is 15.8 Å². The number of rotatable bonds is 3. The highest BCUT2D eigenvalue weighted by molar-refractivity contribution is 5.65. The Morgan fingerprint density at radius 1 is 1.39 bits per heavy atom. The fourth-order valence-corrected chi connectivity index (χ4v) is 3.03. The molecule has 1 saturated carbocycles. The van der Waals surface area contributed by atoms with Crippen LogP contribution in [0.2, 0.25) is 0 Å². The zero-order chi connectivity index (χ0) is 13.3. The number of nitrogen functional groups attached to an aromatic ring is 1. The first-order valence-electron chi connectivity index (χ1n) is 7.12. The van der Waals surface area contributed by atoms with Gasteiger partial charge in [-0.15, -0.1) is 0 Å². The van der Waals surface area contributed by atoms with Crippen molar-refractivity contribution in [2.75, 3.05) is 11.1 Å². The molecule has 18 heavy (non-hydrogen) atoms. The van der Waals surface area contributed by atoms with E-state index in [0.29, 0.717) is 12.0 Å². The highest BCUT2D eigenvalue weighted by atomic mass is 15.3. The number of hydrogen-bond acceptors (Lipinski definition) is 3. The van der Waals surface area contributed by atoms with Crippen molar-refractivity contribution in [3.05, 3.63) is 5.69 Å². The van der Waals surface area contributed by atoms with Crippen molar-refractivity contribution in [3.63, 3.8) is 0 Å². The molecule has 0 saturated heterocycles. The lowest BCUT2D eigenvalue weighted by molar-refractivity contribution is 0.275. The SMILES string of the molecule is CCn1nc(C)c(N)c1NC1CCC(C)CC1C. The maximum atomic E-state index is 6.12. The van der Waals surface area contributed by atoms with E-state index in [0.717, 1.165) is 29.7 Å². The van der Waals surface area contributed by atoms with Crippen LogP contribution in [0.3, 0.4) is 0 Å². The van der Waals surface area contributed by atoms with Crippen molar-refractivity contribution >= 4 is 11.5 Å².